The Morgan fingerprint density at radius 3 is 3.05 bits per heavy atom. The van der Waals surface area contributed by atoms with Gasteiger partial charge in [-0.05, 0) is 30.9 Å². The summed E-state index contributed by atoms with van der Waals surface area (Å²) in [5.41, 5.74) is 8.01. The van der Waals surface area contributed by atoms with Gasteiger partial charge in [0.2, 0.25) is 0 Å². The van der Waals surface area contributed by atoms with Crippen LogP contribution in [0.1, 0.15) is 13.3 Å². The Morgan fingerprint density at radius 2 is 2.26 bits per heavy atom. The molecule has 3 heterocycles. The maximum absolute atomic E-state index is 5.88. The highest BCUT2D eigenvalue weighted by atomic mass is 15.2. The van der Waals surface area contributed by atoms with E-state index in [0.29, 0.717) is 11.8 Å². The molecule has 102 valence electrons. The van der Waals surface area contributed by atoms with E-state index in [1.165, 1.54) is 6.42 Å². The minimum atomic E-state index is 0.550. The van der Waals surface area contributed by atoms with Crippen molar-refractivity contribution in [1.82, 2.24) is 14.5 Å². The van der Waals surface area contributed by atoms with Crippen LogP contribution in [0.15, 0.2) is 18.6 Å². The highest BCUT2D eigenvalue weighted by Crippen LogP contribution is 2.29. The molecule has 2 N–H and O–H groups in total. The molecule has 0 aliphatic carbocycles. The minimum Gasteiger partial charge on any atom is -0.354 e. The molecule has 2 unspecified atom stereocenters. The fourth-order valence-corrected chi connectivity index (χ4v) is 2.93. The Kier molecular flexibility index (Phi) is 3.14. The fraction of sp³-hybridized carbons (Fsp3) is 0.571. The van der Waals surface area contributed by atoms with Gasteiger partial charge in [0, 0.05) is 26.3 Å². The van der Waals surface area contributed by atoms with Gasteiger partial charge in [-0.1, -0.05) is 6.92 Å². The molecule has 0 aromatic carbocycles. The molecule has 1 fully saturated rings. The Morgan fingerprint density at radius 1 is 1.42 bits per heavy atom. The van der Waals surface area contributed by atoms with E-state index in [0.717, 1.165) is 36.5 Å². The number of piperidine rings is 1. The van der Waals surface area contributed by atoms with Crippen molar-refractivity contribution in [2.75, 3.05) is 24.5 Å². The van der Waals surface area contributed by atoms with E-state index in [-0.39, 0.29) is 0 Å². The first-order valence-electron chi connectivity index (χ1n) is 6.91. The number of rotatable bonds is 2. The molecule has 1 aliphatic heterocycles. The maximum atomic E-state index is 5.88. The molecule has 0 amide bonds. The van der Waals surface area contributed by atoms with E-state index in [1.54, 1.807) is 0 Å². The molecule has 2 aromatic heterocycles. The largest absolute Gasteiger partial charge is 0.354 e. The average Bonchev–Trinajstić information content (AvgIpc) is 2.81. The molecule has 1 aliphatic rings. The van der Waals surface area contributed by atoms with Gasteiger partial charge in [0.1, 0.15) is 5.52 Å². The third kappa shape index (κ3) is 2.08. The molecule has 2 atom stereocenters. The average molecular weight is 259 g/mol. The molecule has 0 spiro atoms. The van der Waals surface area contributed by atoms with Gasteiger partial charge < -0.3 is 15.2 Å². The van der Waals surface area contributed by atoms with Gasteiger partial charge in [0.15, 0.2) is 5.82 Å². The van der Waals surface area contributed by atoms with Crippen LogP contribution in [0.4, 0.5) is 5.82 Å². The smallest absolute Gasteiger partial charge is 0.156 e. The lowest BCUT2D eigenvalue weighted by atomic mass is 9.87. The zero-order valence-electron chi connectivity index (χ0n) is 11.6. The zero-order valence-corrected chi connectivity index (χ0v) is 11.6. The van der Waals surface area contributed by atoms with Crippen LogP contribution in [-0.2, 0) is 7.05 Å². The van der Waals surface area contributed by atoms with Crippen LogP contribution < -0.4 is 10.6 Å². The van der Waals surface area contributed by atoms with Crippen LogP contribution in [0.2, 0.25) is 0 Å². The Hall–Kier alpha value is -1.62. The van der Waals surface area contributed by atoms with Crippen LogP contribution >= 0.6 is 0 Å². The lowest BCUT2D eigenvalue weighted by Gasteiger charge is -2.37. The topological polar surface area (TPSA) is 60.0 Å². The van der Waals surface area contributed by atoms with Crippen LogP contribution in [0.5, 0.6) is 0 Å². The van der Waals surface area contributed by atoms with Gasteiger partial charge >= 0.3 is 0 Å². The summed E-state index contributed by atoms with van der Waals surface area (Å²) in [5, 5.41) is 0. The monoisotopic (exact) mass is 259 g/mol. The highest BCUT2D eigenvalue weighted by Gasteiger charge is 2.27. The molecule has 0 bridgehead atoms. The molecule has 1 saturated heterocycles. The van der Waals surface area contributed by atoms with Crippen molar-refractivity contribution in [3.63, 3.8) is 0 Å². The summed E-state index contributed by atoms with van der Waals surface area (Å²) in [7, 11) is 2.01. The second-order valence-electron chi connectivity index (χ2n) is 5.57. The number of nitrogens with two attached hydrogens (primary N) is 1. The first kappa shape index (κ1) is 12.4. The van der Waals surface area contributed by atoms with Crippen molar-refractivity contribution >= 4 is 16.9 Å². The third-order valence-electron chi connectivity index (χ3n) is 4.34. The zero-order chi connectivity index (χ0) is 13.4. The predicted molar refractivity (Wildman–Crippen MR) is 77.0 cm³/mol. The number of aromatic nitrogens is 3. The van der Waals surface area contributed by atoms with Crippen molar-refractivity contribution in [3.05, 3.63) is 18.6 Å². The molecule has 19 heavy (non-hydrogen) atoms. The van der Waals surface area contributed by atoms with Gasteiger partial charge in [-0.15, -0.1) is 0 Å². The number of anilines is 1. The van der Waals surface area contributed by atoms with Crippen LogP contribution in [-0.4, -0.2) is 34.2 Å². The molecular formula is C14H21N5. The van der Waals surface area contributed by atoms with Gasteiger partial charge in [-0.2, -0.15) is 0 Å². The standard InChI is InChI=1S/C14H21N5/c1-10-4-6-19(8-11(10)7-15)14-13-12(3-5-16-14)18(2)9-17-13/h3,5,9-11H,4,6-8,15H2,1-2H3. The number of hydrogen-bond acceptors (Lipinski definition) is 4. The summed E-state index contributed by atoms with van der Waals surface area (Å²) < 4.78 is 2.04. The molecular weight excluding hydrogens is 238 g/mol. The first-order valence-corrected chi connectivity index (χ1v) is 6.91. The Bertz CT molecular complexity index is 576. The Labute approximate surface area is 113 Å². The SMILES string of the molecule is CC1CCN(c2nccc3c2ncn3C)CC1CN. The van der Waals surface area contributed by atoms with E-state index >= 15 is 0 Å². The van der Waals surface area contributed by atoms with Gasteiger partial charge in [0.25, 0.3) is 0 Å². The highest BCUT2D eigenvalue weighted by molar-refractivity contribution is 5.86. The second kappa shape index (κ2) is 4.81. The lowest BCUT2D eigenvalue weighted by Crippen LogP contribution is -2.43. The maximum Gasteiger partial charge on any atom is 0.156 e. The summed E-state index contributed by atoms with van der Waals surface area (Å²) in [6.07, 6.45) is 4.89. The van der Waals surface area contributed by atoms with Crippen molar-refractivity contribution in [1.29, 1.82) is 0 Å². The van der Waals surface area contributed by atoms with Crippen molar-refractivity contribution in [2.45, 2.75) is 13.3 Å². The summed E-state index contributed by atoms with van der Waals surface area (Å²) in [6.45, 7) is 5.07. The normalized spacial score (nSPS) is 24.1. The minimum absolute atomic E-state index is 0.550. The van der Waals surface area contributed by atoms with Crippen molar-refractivity contribution in [2.24, 2.45) is 24.6 Å². The number of imidazole rings is 1. The summed E-state index contributed by atoms with van der Waals surface area (Å²) in [4.78, 5) is 11.4. The van der Waals surface area contributed by atoms with Crippen molar-refractivity contribution in [3.8, 4) is 0 Å². The van der Waals surface area contributed by atoms with E-state index in [2.05, 4.69) is 21.8 Å². The quantitative estimate of drug-likeness (QED) is 0.885. The number of pyridine rings is 1. The van der Waals surface area contributed by atoms with Crippen molar-refractivity contribution < 1.29 is 0 Å². The third-order valence-corrected chi connectivity index (χ3v) is 4.34. The molecule has 2 aromatic rings. The van der Waals surface area contributed by atoms with Gasteiger partial charge in [-0.25, -0.2) is 9.97 Å². The summed E-state index contributed by atoms with van der Waals surface area (Å²) in [5.74, 6) is 2.25. The number of aryl methyl sites for hydroxylation is 1. The molecule has 3 rings (SSSR count). The van der Waals surface area contributed by atoms with Crippen LogP contribution in [0.3, 0.4) is 0 Å². The molecule has 0 radical (unpaired) electrons. The number of fused-ring (bicyclic) bond motifs is 1. The summed E-state index contributed by atoms with van der Waals surface area (Å²) >= 11 is 0. The number of nitrogens with zero attached hydrogens (tertiary/aromatic N) is 4. The summed E-state index contributed by atoms with van der Waals surface area (Å²) in [6, 6.07) is 2.01. The number of hydrogen-bond donors (Lipinski definition) is 1. The second-order valence-corrected chi connectivity index (χ2v) is 5.57. The lowest BCUT2D eigenvalue weighted by molar-refractivity contribution is 0.307. The van der Waals surface area contributed by atoms with Crippen LogP contribution in [0, 0.1) is 11.8 Å². The molecule has 5 heteroatoms. The van der Waals surface area contributed by atoms with E-state index in [1.807, 2.05) is 30.2 Å². The first-order chi connectivity index (χ1) is 9.20. The molecule has 5 nitrogen and oxygen atoms in total. The predicted octanol–water partition coefficient (Wildman–Crippen LogP) is 1.39. The fourth-order valence-electron chi connectivity index (χ4n) is 2.93. The van der Waals surface area contributed by atoms with E-state index in [9.17, 15) is 0 Å². The Balaban J connectivity index is 1.96. The van der Waals surface area contributed by atoms with Crippen LogP contribution in [0.25, 0.3) is 11.0 Å². The van der Waals surface area contributed by atoms with E-state index < -0.39 is 0 Å². The van der Waals surface area contributed by atoms with E-state index in [4.69, 9.17) is 5.73 Å². The molecule has 0 saturated carbocycles. The van der Waals surface area contributed by atoms with Gasteiger partial charge in [0.05, 0.1) is 11.8 Å². The van der Waals surface area contributed by atoms with Gasteiger partial charge in [-0.3, -0.25) is 0 Å².